The van der Waals surface area contributed by atoms with E-state index in [-0.39, 0.29) is 23.1 Å². The van der Waals surface area contributed by atoms with Crippen LogP contribution in [0.3, 0.4) is 0 Å². The van der Waals surface area contributed by atoms with Crippen molar-refractivity contribution in [3.8, 4) is 0 Å². The van der Waals surface area contributed by atoms with E-state index in [0.717, 1.165) is 28.9 Å². The Balaban J connectivity index is 1.79. The SMILES string of the molecule is CC(=O)Nc1ccc([C@@H]2C3=C(CC(C)(C)CC3=O)Nc3ncnn32)cc1. The molecule has 134 valence electrons. The van der Waals surface area contributed by atoms with Crippen molar-refractivity contribution >= 4 is 23.3 Å². The van der Waals surface area contributed by atoms with Crippen LogP contribution in [-0.4, -0.2) is 26.5 Å². The van der Waals surface area contributed by atoms with Crippen LogP contribution in [0.4, 0.5) is 11.6 Å². The monoisotopic (exact) mass is 351 g/mol. The van der Waals surface area contributed by atoms with Gasteiger partial charge in [0.25, 0.3) is 0 Å². The van der Waals surface area contributed by atoms with Crippen LogP contribution in [0, 0.1) is 5.41 Å². The van der Waals surface area contributed by atoms with E-state index in [2.05, 4.69) is 34.6 Å². The summed E-state index contributed by atoms with van der Waals surface area (Å²) in [5, 5.41) is 10.4. The second-order valence-corrected chi connectivity index (χ2v) is 7.69. The molecule has 1 aromatic carbocycles. The van der Waals surface area contributed by atoms with Crippen LogP contribution < -0.4 is 10.6 Å². The summed E-state index contributed by atoms with van der Waals surface area (Å²) < 4.78 is 1.75. The number of ketones is 1. The second-order valence-electron chi connectivity index (χ2n) is 7.69. The molecule has 2 heterocycles. The number of Topliss-reactive ketones (excluding diaryl/α,β-unsaturated/α-hetero) is 1. The summed E-state index contributed by atoms with van der Waals surface area (Å²) in [6.07, 6.45) is 2.80. The molecular weight excluding hydrogens is 330 g/mol. The van der Waals surface area contributed by atoms with Gasteiger partial charge in [-0.3, -0.25) is 9.59 Å². The number of carbonyl (C=O) groups is 2. The molecule has 0 unspecified atom stereocenters. The fourth-order valence-corrected chi connectivity index (χ4v) is 3.81. The first-order chi connectivity index (χ1) is 12.3. The molecule has 4 rings (SSSR count). The smallest absolute Gasteiger partial charge is 0.226 e. The number of hydrogen-bond acceptors (Lipinski definition) is 5. The summed E-state index contributed by atoms with van der Waals surface area (Å²) >= 11 is 0. The first-order valence-electron chi connectivity index (χ1n) is 8.64. The number of nitrogens with zero attached hydrogens (tertiary/aromatic N) is 3. The first-order valence-corrected chi connectivity index (χ1v) is 8.64. The lowest BCUT2D eigenvalue weighted by molar-refractivity contribution is -0.118. The van der Waals surface area contributed by atoms with Gasteiger partial charge in [0.1, 0.15) is 12.4 Å². The third kappa shape index (κ3) is 2.79. The summed E-state index contributed by atoms with van der Waals surface area (Å²) in [6, 6.07) is 7.22. The topological polar surface area (TPSA) is 88.9 Å². The number of fused-ring (bicyclic) bond motifs is 1. The number of benzene rings is 1. The summed E-state index contributed by atoms with van der Waals surface area (Å²) in [5.74, 6) is 0.666. The van der Waals surface area contributed by atoms with Crippen molar-refractivity contribution in [2.75, 3.05) is 10.6 Å². The van der Waals surface area contributed by atoms with Crippen molar-refractivity contribution in [1.29, 1.82) is 0 Å². The van der Waals surface area contributed by atoms with Crippen LogP contribution in [-0.2, 0) is 9.59 Å². The summed E-state index contributed by atoms with van der Waals surface area (Å²) in [7, 11) is 0. The number of anilines is 2. The first kappa shape index (κ1) is 16.5. The lowest BCUT2D eigenvalue weighted by Gasteiger charge is -2.38. The minimum atomic E-state index is -0.307. The van der Waals surface area contributed by atoms with Gasteiger partial charge in [0.2, 0.25) is 11.9 Å². The molecule has 26 heavy (non-hydrogen) atoms. The minimum absolute atomic E-state index is 0.0784. The van der Waals surface area contributed by atoms with Crippen LogP contribution in [0.25, 0.3) is 0 Å². The Morgan fingerprint density at radius 1 is 1.27 bits per heavy atom. The molecule has 0 fully saturated rings. The van der Waals surface area contributed by atoms with E-state index in [9.17, 15) is 9.59 Å². The van der Waals surface area contributed by atoms with E-state index >= 15 is 0 Å². The zero-order valence-electron chi connectivity index (χ0n) is 15.0. The third-order valence-electron chi connectivity index (χ3n) is 4.82. The quantitative estimate of drug-likeness (QED) is 0.868. The highest BCUT2D eigenvalue weighted by atomic mass is 16.1. The maximum absolute atomic E-state index is 13.0. The number of amides is 1. The Bertz CT molecular complexity index is 924. The molecule has 0 bridgehead atoms. The predicted molar refractivity (Wildman–Crippen MR) is 97.6 cm³/mol. The maximum Gasteiger partial charge on any atom is 0.226 e. The Kier molecular flexibility index (Phi) is 3.68. The number of allylic oxidation sites excluding steroid dienone is 2. The summed E-state index contributed by atoms with van der Waals surface area (Å²) in [6.45, 7) is 5.68. The molecule has 7 heteroatoms. The van der Waals surface area contributed by atoms with E-state index in [1.54, 1.807) is 4.68 Å². The average Bonchev–Trinajstić information content (AvgIpc) is 3.00. The summed E-state index contributed by atoms with van der Waals surface area (Å²) in [4.78, 5) is 28.5. The number of hydrogen-bond donors (Lipinski definition) is 2. The van der Waals surface area contributed by atoms with Crippen molar-refractivity contribution in [2.45, 2.75) is 39.7 Å². The van der Waals surface area contributed by atoms with Crippen molar-refractivity contribution in [3.05, 3.63) is 47.4 Å². The minimum Gasteiger partial charge on any atom is -0.328 e. The Hall–Kier alpha value is -2.96. The average molecular weight is 351 g/mol. The van der Waals surface area contributed by atoms with Gasteiger partial charge < -0.3 is 10.6 Å². The molecule has 1 amide bonds. The number of aromatic nitrogens is 3. The fraction of sp³-hybridized carbons (Fsp3) is 0.368. The van der Waals surface area contributed by atoms with Crippen LogP contribution in [0.15, 0.2) is 41.9 Å². The van der Waals surface area contributed by atoms with Crippen molar-refractivity contribution in [2.24, 2.45) is 5.41 Å². The molecule has 0 spiro atoms. The second kappa shape index (κ2) is 5.79. The van der Waals surface area contributed by atoms with Crippen LogP contribution in [0.2, 0.25) is 0 Å². The Morgan fingerprint density at radius 3 is 2.69 bits per heavy atom. The Labute approximate surface area is 151 Å². The molecule has 0 saturated heterocycles. The maximum atomic E-state index is 13.0. The van der Waals surface area contributed by atoms with E-state index < -0.39 is 0 Å². The van der Waals surface area contributed by atoms with Gasteiger partial charge in [-0.25, -0.2) is 4.68 Å². The molecule has 2 N–H and O–H groups in total. The van der Waals surface area contributed by atoms with Crippen LogP contribution in [0.1, 0.15) is 45.2 Å². The standard InChI is InChI=1S/C19H21N5O2/c1-11(25)22-13-6-4-12(5-7-13)17-16-14(8-19(2,3)9-15(16)26)23-18-20-10-21-24(17)18/h4-7,10,17H,8-9H2,1-3H3,(H,22,25)(H,20,21,23)/t17-/m1/s1. The summed E-state index contributed by atoms with van der Waals surface area (Å²) in [5.41, 5.74) is 3.27. The lowest BCUT2D eigenvalue weighted by Crippen LogP contribution is -2.36. The van der Waals surface area contributed by atoms with E-state index in [0.29, 0.717) is 12.4 Å². The van der Waals surface area contributed by atoms with Crippen LogP contribution in [0.5, 0.6) is 0 Å². The molecule has 2 aliphatic rings. The zero-order chi connectivity index (χ0) is 18.5. The van der Waals surface area contributed by atoms with E-state index in [1.807, 2.05) is 24.3 Å². The zero-order valence-corrected chi connectivity index (χ0v) is 15.0. The highest BCUT2D eigenvalue weighted by molar-refractivity contribution is 6.00. The predicted octanol–water partition coefficient (Wildman–Crippen LogP) is 2.89. The highest BCUT2D eigenvalue weighted by Gasteiger charge is 2.41. The third-order valence-corrected chi connectivity index (χ3v) is 4.82. The molecule has 1 aliphatic heterocycles. The molecule has 1 aromatic heterocycles. The molecule has 1 atom stereocenters. The van der Waals surface area contributed by atoms with Gasteiger partial charge in [-0.15, -0.1) is 0 Å². The largest absolute Gasteiger partial charge is 0.328 e. The van der Waals surface area contributed by atoms with E-state index in [4.69, 9.17) is 0 Å². The molecular formula is C19H21N5O2. The van der Waals surface area contributed by atoms with Gasteiger partial charge in [0.15, 0.2) is 5.78 Å². The number of rotatable bonds is 2. The molecule has 2 aromatic rings. The number of nitrogens with one attached hydrogen (secondary N) is 2. The molecule has 7 nitrogen and oxygen atoms in total. The van der Waals surface area contributed by atoms with Gasteiger partial charge in [0.05, 0.1) is 0 Å². The molecule has 0 radical (unpaired) electrons. The van der Waals surface area contributed by atoms with Gasteiger partial charge in [-0.05, 0) is 29.5 Å². The van der Waals surface area contributed by atoms with Gasteiger partial charge in [-0.2, -0.15) is 10.1 Å². The highest BCUT2D eigenvalue weighted by Crippen LogP contribution is 2.45. The van der Waals surface area contributed by atoms with Crippen molar-refractivity contribution < 1.29 is 9.59 Å². The number of carbonyl (C=O) groups excluding carboxylic acids is 2. The van der Waals surface area contributed by atoms with Gasteiger partial charge in [-0.1, -0.05) is 26.0 Å². The normalized spacial score (nSPS) is 20.9. The van der Waals surface area contributed by atoms with Crippen molar-refractivity contribution in [3.63, 3.8) is 0 Å². The van der Waals surface area contributed by atoms with Crippen molar-refractivity contribution in [1.82, 2.24) is 14.8 Å². The van der Waals surface area contributed by atoms with Crippen LogP contribution >= 0.6 is 0 Å². The Morgan fingerprint density at radius 2 is 2.00 bits per heavy atom. The van der Waals surface area contributed by atoms with Gasteiger partial charge >= 0.3 is 0 Å². The molecule has 1 aliphatic carbocycles. The van der Waals surface area contributed by atoms with Gasteiger partial charge in [0, 0.05) is 30.3 Å². The van der Waals surface area contributed by atoms with E-state index in [1.165, 1.54) is 13.3 Å². The lowest BCUT2D eigenvalue weighted by atomic mass is 9.73. The molecule has 0 saturated carbocycles. The fourth-order valence-electron chi connectivity index (χ4n) is 3.81.